The second-order valence-corrected chi connectivity index (χ2v) is 7.39. The number of thiophene rings is 1. The monoisotopic (exact) mass is 401 g/mol. The van der Waals surface area contributed by atoms with Gasteiger partial charge >= 0.3 is 0 Å². The molecule has 0 unspecified atom stereocenters. The third-order valence-corrected chi connectivity index (χ3v) is 4.95. The quantitative estimate of drug-likeness (QED) is 0.621. The van der Waals surface area contributed by atoms with Crippen molar-refractivity contribution < 1.29 is 14.4 Å². The van der Waals surface area contributed by atoms with Crippen LogP contribution in [0.5, 0.6) is 0 Å². The van der Waals surface area contributed by atoms with Crippen LogP contribution in [0.25, 0.3) is 0 Å². The van der Waals surface area contributed by atoms with Crippen molar-refractivity contribution in [3.8, 4) is 0 Å². The molecule has 0 saturated heterocycles. The molecule has 0 aliphatic rings. The standard InChI is InChI=1S/C21H27N3O3S/c1-3-13-24(14-4-2)20(26)12-11-19(25)22-16-7-9-17(10-8-16)23-21(27)18-6-5-15-28-18/h5-10,15H,3-4,11-14H2,1-2H3,(H,22,25)(H,23,27). The molecule has 1 heterocycles. The van der Waals surface area contributed by atoms with Crippen LogP contribution in [-0.4, -0.2) is 35.7 Å². The number of rotatable bonds is 10. The zero-order valence-corrected chi connectivity index (χ0v) is 17.2. The van der Waals surface area contributed by atoms with Gasteiger partial charge in [0.2, 0.25) is 11.8 Å². The summed E-state index contributed by atoms with van der Waals surface area (Å²) in [6.07, 6.45) is 2.18. The molecule has 0 radical (unpaired) electrons. The lowest BCUT2D eigenvalue weighted by Crippen LogP contribution is -2.33. The molecule has 1 aromatic carbocycles. The van der Waals surface area contributed by atoms with Gasteiger partial charge in [0.25, 0.3) is 5.91 Å². The Morgan fingerprint density at radius 2 is 1.50 bits per heavy atom. The van der Waals surface area contributed by atoms with Gasteiger partial charge in [-0.05, 0) is 48.6 Å². The number of nitrogens with one attached hydrogen (secondary N) is 2. The molecule has 7 heteroatoms. The maximum atomic E-state index is 12.2. The van der Waals surface area contributed by atoms with E-state index < -0.39 is 0 Å². The summed E-state index contributed by atoms with van der Waals surface area (Å²) in [6.45, 7) is 5.53. The second kappa shape index (κ2) is 11.2. The molecule has 0 bridgehead atoms. The minimum absolute atomic E-state index is 0.0190. The highest BCUT2D eigenvalue weighted by Gasteiger charge is 2.14. The average Bonchev–Trinajstić information content (AvgIpc) is 3.22. The number of anilines is 2. The van der Waals surface area contributed by atoms with E-state index in [0.29, 0.717) is 16.3 Å². The number of benzene rings is 1. The predicted octanol–water partition coefficient (Wildman–Crippen LogP) is 4.37. The molecule has 28 heavy (non-hydrogen) atoms. The summed E-state index contributed by atoms with van der Waals surface area (Å²) in [5.74, 6) is -0.337. The van der Waals surface area contributed by atoms with E-state index in [1.807, 2.05) is 30.2 Å². The molecule has 3 amide bonds. The third-order valence-electron chi connectivity index (χ3n) is 4.08. The van der Waals surface area contributed by atoms with Gasteiger partial charge < -0.3 is 15.5 Å². The highest BCUT2D eigenvalue weighted by Crippen LogP contribution is 2.16. The number of hydrogen-bond acceptors (Lipinski definition) is 4. The average molecular weight is 402 g/mol. The van der Waals surface area contributed by atoms with E-state index in [9.17, 15) is 14.4 Å². The number of carbonyl (C=O) groups is 3. The first kappa shape index (κ1) is 21.6. The summed E-state index contributed by atoms with van der Waals surface area (Å²) in [7, 11) is 0. The largest absolute Gasteiger partial charge is 0.343 e. The molecule has 1 aromatic heterocycles. The van der Waals surface area contributed by atoms with Crippen molar-refractivity contribution in [3.63, 3.8) is 0 Å². The van der Waals surface area contributed by atoms with Crippen molar-refractivity contribution in [2.24, 2.45) is 0 Å². The van der Waals surface area contributed by atoms with E-state index in [1.165, 1.54) is 11.3 Å². The van der Waals surface area contributed by atoms with Gasteiger partial charge in [0.05, 0.1) is 4.88 Å². The van der Waals surface area contributed by atoms with Crippen LogP contribution in [0.3, 0.4) is 0 Å². The van der Waals surface area contributed by atoms with E-state index in [4.69, 9.17) is 0 Å². The molecule has 2 rings (SSSR count). The van der Waals surface area contributed by atoms with Gasteiger partial charge in [-0.25, -0.2) is 0 Å². The molecule has 0 spiro atoms. The molecule has 0 atom stereocenters. The van der Waals surface area contributed by atoms with Crippen molar-refractivity contribution in [3.05, 3.63) is 46.7 Å². The summed E-state index contributed by atoms with van der Waals surface area (Å²) in [5.41, 5.74) is 1.28. The molecule has 2 aromatic rings. The molecular formula is C21H27N3O3S. The van der Waals surface area contributed by atoms with E-state index in [2.05, 4.69) is 10.6 Å². The molecule has 0 saturated carbocycles. The van der Waals surface area contributed by atoms with Gasteiger partial charge in [0.15, 0.2) is 0 Å². The Balaban J connectivity index is 1.80. The number of nitrogens with zero attached hydrogens (tertiary/aromatic N) is 1. The summed E-state index contributed by atoms with van der Waals surface area (Å²) >= 11 is 1.38. The van der Waals surface area contributed by atoms with Crippen LogP contribution in [0, 0.1) is 0 Å². The Morgan fingerprint density at radius 1 is 0.893 bits per heavy atom. The molecule has 150 valence electrons. The summed E-state index contributed by atoms with van der Waals surface area (Å²) in [5, 5.41) is 7.45. The molecule has 0 aliphatic heterocycles. The Morgan fingerprint density at radius 3 is 2.04 bits per heavy atom. The van der Waals surface area contributed by atoms with Crippen LogP contribution in [0.15, 0.2) is 41.8 Å². The van der Waals surface area contributed by atoms with Crippen molar-refractivity contribution in [1.82, 2.24) is 4.90 Å². The first-order chi connectivity index (χ1) is 13.5. The molecule has 0 fully saturated rings. The summed E-state index contributed by atoms with van der Waals surface area (Å²) < 4.78 is 0. The summed E-state index contributed by atoms with van der Waals surface area (Å²) in [6, 6.07) is 10.5. The Labute approximate surface area is 169 Å². The molecular weight excluding hydrogens is 374 g/mol. The molecule has 0 aliphatic carbocycles. The lowest BCUT2D eigenvalue weighted by molar-refractivity contribution is -0.132. The van der Waals surface area contributed by atoms with Gasteiger partial charge in [-0.1, -0.05) is 19.9 Å². The summed E-state index contributed by atoms with van der Waals surface area (Å²) in [4.78, 5) is 38.8. The Kier molecular flexibility index (Phi) is 8.68. The lowest BCUT2D eigenvalue weighted by atomic mass is 10.2. The maximum Gasteiger partial charge on any atom is 0.265 e. The van der Waals surface area contributed by atoms with Gasteiger partial charge in [0, 0.05) is 37.3 Å². The Hall–Kier alpha value is -2.67. The molecule has 2 N–H and O–H groups in total. The Bertz CT molecular complexity index is 767. The first-order valence-electron chi connectivity index (χ1n) is 9.56. The van der Waals surface area contributed by atoms with Crippen molar-refractivity contribution in [2.75, 3.05) is 23.7 Å². The van der Waals surface area contributed by atoms with E-state index in [0.717, 1.165) is 25.9 Å². The highest BCUT2D eigenvalue weighted by molar-refractivity contribution is 7.12. The van der Waals surface area contributed by atoms with Crippen LogP contribution in [0.1, 0.15) is 49.2 Å². The van der Waals surface area contributed by atoms with E-state index in [1.54, 1.807) is 30.3 Å². The second-order valence-electron chi connectivity index (χ2n) is 6.44. The van der Waals surface area contributed by atoms with Crippen LogP contribution in [-0.2, 0) is 9.59 Å². The number of hydrogen-bond donors (Lipinski definition) is 2. The van der Waals surface area contributed by atoms with Crippen LogP contribution in [0.4, 0.5) is 11.4 Å². The van der Waals surface area contributed by atoms with Gasteiger partial charge in [-0.2, -0.15) is 0 Å². The lowest BCUT2D eigenvalue weighted by Gasteiger charge is -2.21. The van der Waals surface area contributed by atoms with Crippen LogP contribution >= 0.6 is 11.3 Å². The van der Waals surface area contributed by atoms with Gasteiger partial charge in [-0.15, -0.1) is 11.3 Å². The van der Waals surface area contributed by atoms with Crippen molar-refractivity contribution in [1.29, 1.82) is 0 Å². The van der Waals surface area contributed by atoms with Crippen LogP contribution < -0.4 is 10.6 Å². The SMILES string of the molecule is CCCN(CCC)C(=O)CCC(=O)Nc1ccc(NC(=O)c2cccs2)cc1. The van der Waals surface area contributed by atoms with Crippen LogP contribution in [0.2, 0.25) is 0 Å². The molecule has 6 nitrogen and oxygen atoms in total. The minimum atomic E-state index is -0.198. The smallest absolute Gasteiger partial charge is 0.265 e. The maximum absolute atomic E-state index is 12.2. The zero-order valence-electron chi connectivity index (χ0n) is 16.4. The first-order valence-corrected chi connectivity index (χ1v) is 10.4. The fraction of sp³-hybridized carbons (Fsp3) is 0.381. The zero-order chi connectivity index (χ0) is 20.4. The highest BCUT2D eigenvalue weighted by atomic mass is 32.1. The minimum Gasteiger partial charge on any atom is -0.343 e. The van der Waals surface area contributed by atoms with E-state index in [-0.39, 0.29) is 30.6 Å². The fourth-order valence-corrected chi connectivity index (χ4v) is 3.36. The van der Waals surface area contributed by atoms with Gasteiger partial charge in [-0.3, -0.25) is 14.4 Å². The van der Waals surface area contributed by atoms with Crippen molar-refractivity contribution in [2.45, 2.75) is 39.5 Å². The topological polar surface area (TPSA) is 78.5 Å². The van der Waals surface area contributed by atoms with E-state index >= 15 is 0 Å². The van der Waals surface area contributed by atoms with Crippen molar-refractivity contribution >= 4 is 40.4 Å². The van der Waals surface area contributed by atoms with Gasteiger partial charge in [0.1, 0.15) is 0 Å². The number of amides is 3. The third kappa shape index (κ3) is 6.81. The fourth-order valence-electron chi connectivity index (χ4n) is 2.74. The normalized spacial score (nSPS) is 10.4. The predicted molar refractivity (Wildman–Crippen MR) is 114 cm³/mol. The number of carbonyl (C=O) groups excluding carboxylic acids is 3.